The van der Waals surface area contributed by atoms with Crippen molar-refractivity contribution >= 4 is 17.5 Å². The number of amides is 2. The van der Waals surface area contributed by atoms with E-state index in [0.29, 0.717) is 13.1 Å². The highest BCUT2D eigenvalue weighted by molar-refractivity contribution is 5.83. The third-order valence-corrected chi connectivity index (χ3v) is 6.65. The van der Waals surface area contributed by atoms with E-state index in [2.05, 4.69) is 23.1 Å². The number of benzene rings is 2. The van der Waals surface area contributed by atoms with Crippen LogP contribution in [0.3, 0.4) is 0 Å². The van der Waals surface area contributed by atoms with E-state index in [4.69, 9.17) is 15.2 Å². The van der Waals surface area contributed by atoms with Gasteiger partial charge < -0.3 is 25.0 Å². The number of rotatable bonds is 7. The molecule has 2 aliphatic rings. The number of fused-ring (bicyclic) bond motifs is 1. The summed E-state index contributed by atoms with van der Waals surface area (Å²) in [6.07, 6.45) is 2.88. The Kier molecular flexibility index (Phi) is 7.29. The Hall–Kier alpha value is -3.22. The third kappa shape index (κ3) is 5.82. The molecule has 0 aromatic heterocycles. The van der Waals surface area contributed by atoms with Crippen molar-refractivity contribution in [1.29, 1.82) is 0 Å². The topological polar surface area (TPSA) is 85.1 Å². The van der Waals surface area contributed by atoms with Crippen molar-refractivity contribution in [3.05, 3.63) is 54.1 Å². The molecular formula is C27H35N3O4. The van der Waals surface area contributed by atoms with Crippen molar-refractivity contribution in [2.75, 3.05) is 24.5 Å². The molecule has 0 radical (unpaired) electrons. The first-order valence-corrected chi connectivity index (χ1v) is 12.2. The minimum absolute atomic E-state index is 0.00538. The highest BCUT2D eigenvalue weighted by Crippen LogP contribution is 2.41. The van der Waals surface area contributed by atoms with Crippen molar-refractivity contribution in [2.24, 2.45) is 5.73 Å². The standard InChI is InChI=1S/C27H35N3O4/c1-20(2)33-22-9-7-21(8-10-22)19-30-18-15-27(34-24-6-4-3-5-23(24)30)13-16-29(17-14-27)26(32)12-11-25(28)31/h3-10,20H,11-19H2,1-2H3,(H2,28,31). The molecule has 0 aliphatic carbocycles. The number of primary amides is 1. The zero-order chi connectivity index (χ0) is 24.1. The normalized spacial score (nSPS) is 17.1. The second-order valence-electron chi connectivity index (χ2n) is 9.58. The lowest BCUT2D eigenvalue weighted by Crippen LogP contribution is -2.50. The van der Waals surface area contributed by atoms with Gasteiger partial charge in [-0.25, -0.2) is 0 Å². The summed E-state index contributed by atoms with van der Waals surface area (Å²) >= 11 is 0. The van der Waals surface area contributed by atoms with Gasteiger partial charge in [0.25, 0.3) is 0 Å². The Bertz CT molecular complexity index is 997. The van der Waals surface area contributed by atoms with Crippen molar-refractivity contribution in [3.8, 4) is 11.5 Å². The lowest BCUT2D eigenvalue weighted by molar-refractivity contribution is -0.136. The van der Waals surface area contributed by atoms with Gasteiger partial charge in [-0.05, 0) is 43.7 Å². The van der Waals surface area contributed by atoms with Gasteiger partial charge >= 0.3 is 0 Å². The van der Waals surface area contributed by atoms with Crippen LogP contribution in [0.15, 0.2) is 48.5 Å². The number of piperidine rings is 1. The first kappa shape index (κ1) is 23.9. The Morgan fingerprint density at radius 1 is 1.00 bits per heavy atom. The molecule has 34 heavy (non-hydrogen) atoms. The van der Waals surface area contributed by atoms with Crippen LogP contribution < -0.4 is 20.1 Å². The number of hydrogen-bond donors (Lipinski definition) is 1. The van der Waals surface area contributed by atoms with Gasteiger partial charge in [-0.2, -0.15) is 0 Å². The minimum Gasteiger partial charge on any atom is -0.491 e. The zero-order valence-electron chi connectivity index (χ0n) is 20.2. The van der Waals surface area contributed by atoms with Gasteiger partial charge in [-0.3, -0.25) is 9.59 Å². The van der Waals surface area contributed by atoms with Gasteiger partial charge in [0.15, 0.2) is 0 Å². The van der Waals surface area contributed by atoms with E-state index in [1.165, 1.54) is 5.56 Å². The van der Waals surface area contributed by atoms with Gasteiger partial charge in [0.05, 0.1) is 11.8 Å². The summed E-state index contributed by atoms with van der Waals surface area (Å²) in [4.78, 5) is 27.7. The molecule has 2 amide bonds. The number of likely N-dealkylation sites (tertiary alicyclic amines) is 1. The Labute approximate surface area is 201 Å². The molecule has 0 saturated carbocycles. The summed E-state index contributed by atoms with van der Waals surface area (Å²) in [7, 11) is 0. The number of hydrogen-bond acceptors (Lipinski definition) is 5. The number of para-hydroxylation sites is 2. The molecule has 2 N–H and O–H groups in total. The van der Waals surface area contributed by atoms with Crippen LogP contribution in [0.1, 0.15) is 51.5 Å². The number of carbonyl (C=O) groups is 2. The van der Waals surface area contributed by atoms with Crippen LogP contribution in [0.25, 0.3) is 0 Å². The highest BCUT2D eigenvalue weighted by atomic mass is 16.5. The predicted molar refractivity (Wildman–Crippen MR) is 132 cm³/mol. The molecule has 1 fully saturated rings. The molecule has 0 atom stereocenters. The lowest BCUT2D eigenvalue weighted by Gasteiger charge is -2.41. The van der Waals surface area contributed by atoms with Crippen LogP contribution in [-0.4, -0.2) is 48.1 Å². The smallest absolute Gasteiger partial charge is 0.223 e. The van der Waals surface area contributed by atoms with Crippen LogP contribution in [-0.2, 0) is 16.1 Å². The maximum atomic E-state index is 12.4. The molecule has 1 spiro atoms. The summed E-state index contributed by atoms with van der Waals surface area (Å²) in [6.45, 7) is 6.99. The van der Waals surface area contributed by atoms with E-state index in [1.807, 2.05) is 49.1 Å². The predicted octanol–water partition coefficient (Wildman–Crippen LogP) is 3.89. The molecular weight excluding hydrogens is 430 g/mol. The minimum atomic E-state index is -0.437. The Morgan fingerprint density at radius 2 is 1.68 bits per heavy atom. The molecule has 1 saturated heterocycles. The summed E-state index contributed by atoms with van der Waals surface area (Å²) in [5, 5.41) is 0. The van der Waals surface area contributed by atoms with E-state index < -0.39 is 5.91 Å². The van der Waals surface area contributed by atoms with Crippen LogP contribution in [0.5, 0.6) is 11.5 Å². The van der Waals surface area contributed by atoms with Crippen LogP contribution >= 0.6 is 0 Å². The Balaban J connectivity index is 1.44. The molecule has 4 rings (SSSR count). The van der Waals surface area contributed by atoms with Crippen molar-refractivity contribution < 1.29 is 19.1 Å². The zero-order valence-corrected chi connectivity index (χ0v) is 20.2. The fraction of sp³-hybridized carbons (Fsp3) is 0.481. The van der Waals surface area contributed by atoms with Gasteiger partial charge in [0.2, 0.25) is 11.8 Å². The summed E-state index contributed by atoms with van der Waals surface area (Å²) < 4.78 is 12.4. The number of anilines is 1. The molecule has 7 nitrogen and oxygen atoms in total. The maximum Gasteiger partial charge on any atom is 0.223 e. The molecule has 2 aromatic rings. The van der Waals surface area contributed by atoms with Gasteiger partial charge in [-0.1, -0.05) is 24.3 Å². The monoisotopic (exact) mass is 465 g/mol. The average Bonchev–Trinajstić information content (AvgIpc) is 2.96. The third-order valence-electron chi connectivity index (χ3n) is 6.65. The van der Waals surface area contributed by atoms with Gasteiger partial charge in [-0.15, -0.1) is 0 Å². The highest BCUT2D eigenvalue weighted by Gasteiger charge is 2.40. The van der Waals surface area contributed by atoms with Crippen LogP contribution in [0.2, 0.25) is 0 Å². The second-order valence-corrected chi connectivity index (χ2v) is 9.58. The molecule has 0 unspecified atom stereocenters. The summed E-state index contributed by atoms with van der Waals surface area (Å²) in [5.74, 6) is 1.34. The maximum absolute atomic E-state index is 12.4. The molecule has 2 heterocycles. The van der Waals surface area contributed by atoms with E-state index in [9.17, 15) is 9.59 Å². The van der Waals surface area contributed by atoms with Gasteiger partial charge in [0, 0.05) is 58.3 Å². The fourth-order valence-corrected chi connectivity index (χ4v) is 4.78. The fourth-order valence-electron chi connectivity index (χ4n) is 4.78. The number of nitrogens with zero attached hydrogens (tertiary/aromatic N) is 2. The quantitative estimate of drug-likeness (QED) is 0.671. The van der Waals surface area contributed by atoms with Gasteiger partial charge in [0.1, 0.15) is 17.1 Å². The van der Waals surface area contributed by atoms with E-state index in [-0.39, 0.29) is 30.5 Å². The van der Waals surface area contributed by atoms with Crippen LogP contribution in [0, 0.1) is 0 Å². The van der Waals surface area contributed by atoms with E-state index in [0.717, 1.165) is 49.5 Å². The largest absolute Gasteiger partial charge is 0.491 e. The number of nitrogens with two attached hydrogens (primary N) is 1. The molecule has 0 bridgehead atoms. The SMILES string of the molecule is CC(C)Oc1ccc(CN2CCC3(CCN(C(=O)CCC(N)=O)CC3)Oc3ccccc32)cc1. The van der Waals surface area contributed by atoms with Crippen molar-refractivity contribution in [2.45, 2.75) is 64.2 Å². The summed E-state index contributed by atoms with van der Waals surface area (Å²) in [5.41, 5.74) is 7.23. The summed E-state index contributed by atoms with van der Waals surface area (Å²) in [6, 6.07) is 16.5. The number of ether oxygens (including phenoxy) is 2. The van der Waals surface area contributed by atoms with Crippen molar-refractivity contribution in [1.82, 2.24) is 4.90 Å². The molecule has 2 aliphatic heterocycles. The molecule has 7 heteroatoms. The van der Waals surface area contributed by atoms with Crippen LogP contribution in [0.4, 0.5) is 5.69 Å². The molecule has 2 aromatic carbocycles. The van der Waals surface area contributed by atoms with E-state index >= 15 is 0 Å². The second kappa shape index (κ2) is 10.4. The lowest BCUT2D eigenvalue weighted by atomic mass is 9.87. The number of carbonyl (C=O) groups excluding carboxylic acids is 2. The van der Waals surface area contributed by atoms with Crippen molar-refractivity contribution in [3.63, 3.8) is 0 Å². The average molecular weight is 466 g/mol. The first-order chi connectivity index (χ1) is 16.3. The van der Waals surface area contributed by atoms with E-state index in [1.54, 1.807) is 0 Å². The Morgan fingerprint density at radius 3 is 2.35 bits per heavy atom. The first-order valence-electron chi connectivity index (χ1n) is 12.2. The molecule has 182 valence electrons.